The van der Waals surface area contributed by atoms with Crippen LogP contribution in [0.15, 0.2) is 43.0 Å². The maximum Gasteiger partial charge on any atom is 0.184 e. The minimum atomic E-state index is -0.765. The van der Waals surface area contributed by atoms with Crippen LogP contribution in [-0.2, 0) is 23.7 Å². The van der Waals surface area contributed by atoms with Crippen LogP contribution in [0.1, 0.15) is 51.4 Å². The van der Waals surface area contributed by atoms with E-state index in [0.717, 1.165) is 24.8 Å². The topological polar surface area (TPSA) is 66.4 Å². The zero-order valence-corrected chi connectivity index (χ0v) is 17.7. The Balaban J connectivity index is 1.31. The summed E-state index contributed by atoms with van der Waals surface area (Å²) in [5.74, 6) is 0. The Morgan fingerprint density at radius 3 is 2.53 bits per heavy atom. The van der Waals surface area contributed by atoms with Crippen molar-refractivity contribution in [1.29, 1.82) is 0 Å². The first-order valence-corrected chi connectivity index (χ1v) is 11.0. The highest BCUT2D eigenvalue weighted by Crippen LogP contribution is 2.46. The zero-order chi connectivity index (χ0) is 20.9. The smallest absolute Gasteiger partial charge is 0.184 e. The summed E-state index contributed by atoms with van der Waals surface area (Å²) in [6, 6.07) is 9.99. The Morgan fingerprint density at radius 2 is 1.77 bits per heavy atom. The Kier molecular flexibility index (Phi) is 5.29. The summed E-state index contributed by atoms with van der Waals surface area (Å²) in [5, 5.41) is 10.7. The highest BCUT2D eigenvalue weighted by atomic mass is 16.7. The molecule has 0 saturated carbocycles. The van der Waals surface area contributed by atoms with Crippen molar-refractivity contribution in [1.82, 2.24) is 0 Å². The van der Waals surface area contributed by atoms with Crippen molar-refractivity contribution < 1.29 is 28.8 Å². The predicted molar refractivity (Wildman–Crippen MR) is 110 cm³/mol. The van der Waals surface area contributed by atoms with Gasteiger partial charge in [0.1, 0.15) is 11.7 Å². The van der Waals surface area contributed by atoms with Gasteiger partial charge in [0, 0.05) is 18.4 Å². The largest absolute Gasteiger partial charge is 0.390 e. The molecule has 1 aromatic rings. The lowest BCUT2D eigenvalue weighted by molar-refractivity contribution is -0.312. The van der Waals surface area contributed by atoms with Crippen LogP contribution < -0.4 is 0 Å². The van der Waals surface area contributed by atoms with Crippen molar-refractivity contribution in [3.63, 3.8) is 0 Å². The fraction of sp³-hybridized carbons (Fsp3) is 0.667. The molecular formula is C24H32O6. The summed E-state index contributed by atoms with van der Waals surface area (Å²) >= 11 is 0. The Morgan fingerprint density at radius 1 is 1.00 bits per heavy atom. The van der Waals surface area contributed by atoms with Gasteiger partial charge in [0.05, 0.1) is 42.7 Å². The standard InChI is InChI=1S/C24H32O6/c1-4-23(2)20(25)13-21-24(3,30-23)11-10-16-17(28-21)12-18-19(27-16)14-26-22(29-18)15-8-6-5-7-9-15/h4-9,16-22,25H,1,10-14H2,2-3H3/t16-,17+,18-,19+,20+,21-,22?,23-,24+/m0/s1. The van der Waals surface area contributed by atoms with Gasteiger partial charge in [-0.05, 0) is 26.7 Å². The van der Waals surface area contributed by atoms with E-state index in [4.69, 9.17) is 23.7 Å². The molecule has 30 heavy (non-hydrogen) atoms. The molecule has 4 aliphatic heterocycles. The van der Waals surface area contributed by atoms with Crippen molar-refractivity contribution in [2.75, 3.05) is 6.61 Å². The second kappa shape index (κ2) is 7.69. The first-order valence-electron chi connectivity index (χ1n) is 11.0. The van der Waals surface area contributed by atoms with Gasteiger partial charge in [-0.1, -0.05) is 36.4 Å². The first kappa shape index (κ1) is 20.6. The lowest BCUT2D eigenvalue weighted by Crippen LogP contribution is -2.60. The van der Waals surface area contributed by atoms with E-state index in [1.165, 1.54) is 0 Å². The summed E-state index contributed by atoms with van der Waals surface area (Å²) < 4.78 is 31.6. The van der Waals surface area contributed by atoms with Crippen molar-refractivity contribution in [2.45, 2.75) is 93.6 Å². The number of fused-ring (bicyclic) bond motifs is 3. The quantitative estimate of drug-likeness (QED) is 0.747. The molecule has 4 aliphatic rings. The van der Waals surface area contributed by atoms with Crippen LogP contribution in [0, 0.1) is 0 Å². The van der Waals surface area contributed by atoms with Crippen LogP contribution >= 0.6 is 0 Å². The molecule has 1 N–H and O–H groups in total. The number of rotatable bonds is 2. The number of ether oxygens (including phenoxy) is 5. The van der Waals surface area contributed by atoms with E-state index in [1.54, 1.807) is 6.08 Å². The van der Waals surface area contributed by atoms with E-state index in [9.17, 15) is 5.11 Å². The van der Waals surface area contributed by atoms with Crippen LogP contribution in [0.4, 0.5) is 0 Å². The molecule has 4 fully saturated rings. The molecule has 0 aromatic heterocycles. The molecule has 5 rings (SSSR count). The summed E-state index contributed by atoms with van der Waals surface area (Å²) in [6.07, 6.45) is 3.12. The number of benzene rings is 1. The van der Waals surface area contributed by atoms with Gasteiger partial charge >= 0.3 is 0 Å². The molecule has 1 aromatic carbocycles. The van der Waals surface area contributed by atoms with Crippen molar-refractivity contribution in [2.24, 2.45) is 0 Å². The van der Waals surface area contributed by atoms with Gasteiger partial charge in [0.15, 0.2) is 6.29 Å². The van der Waals surface area contributed by atoms with Crippen LogP contribution in [0.2, 0.25) is 0 Å². The minimum absolute atomic E-state index is 0.0233. The average Bonchev–Trinajstić information content (AvgIpc) is 2.89. The first-order chi connectivity index (χ1) is 14.4. The Hall–Kier alpha value is -1.28. The van der Waals surface area contributed by atoms with Gasteiger partial charge in [-0.3, -0.25) is 0 Å². The lowest BCUT2D eigenvalue weighted by Gasteiger charge is -2.50. The van der Waals surface area contributed by atoms with E-state index in [0.29, 0.717) is 13.0 Å². The molecule has 6 heteroatoms. The van der Waals surface area contributed by atoms with Crippen LogP contribution in [0.25, 0.3) is 0 Å². The van der Waals surface area contributed by atoms with Crippen LogP contribution in [-0.4, -0.2) is 59.5 Å². The van der Waals surface area contributed by atoms with Gasteiger partial charge in [-0.15, -0.1) is 6.58 Å². The third-order valence-corrected chi connectivity index (χ3v) is 7.33. The number of hydrogen-bond acceptors (Lipinski definition) is 6. The van der Waals surface area contributed by atoms with Crippen molar-refractivity contribution >= 4 is 0 Å². The average molecular weight is 417 g/mol. The fourth-order valence-electron chi connectivity index (χ4n) is 5.34. The zero-order valence-electron chi connectivity index (χ0n) is 17.7. The van der Waals surface area contributed by atoms with Crippen LogP contribution in [0.5, 0.6) is 0 Å². The third kappa shape index (κ3) is 3.53. The highest BCUT2D eigenvalue weighted by molar-refractivity contribution is 5.16. The van der Waals surface area contributed by atoms with Gasteiger partial charge in [-0.2, -0.15) is 0 Å². The molecule has 6 nitrogen and oxygen atoms in total. The maximum atomic E-state index is 10.7. The highest BCUT2D eigenvalue weighted by Gasteiger charge is 2.55. The molecule has 164 valence electrons. The number of hydrogen-bond donors (Lipinski definition) is 1. The molecule has 0 bridgehead atoms. The summed E-state index contributed by atoms with van der Waals surface area (Å²) in [6.45, 7) is 8.36. The van der Waals surface area contributed by atoms with Crippen molar-refractivity contribution in [3.05, 3.63) is 48.6 Å². The normalized spacial score (nSPS) is 48.6. The predicted octanol–water partition coefficient (Wildman–Crippen LogP) is 3.29. The van der Waals surface area contributed by atoms with E-state index in [2.05, 4.69) is 13.5 Å². The Bertz CT molecular complexity index is 770. The molecule has 0 amide bonds. The molecule has 4 heterocycles. The molecular weight excluding hydrogens is 384 g/mol. The van der Waals surface area contributed by atoms with Crippen molar-refractivity contribution in [3.8, 4) is 0 Å². The van der Waals surface area contributed by atoms with E-state index in [-0.39, 0.29) is 36.8 Å². The molecule has 9 atom stereocenters. The lowest BCUT2D eigenvalue weighted by atomic mass is 9.80. The van der Waals surface area contributed by atoms with Gasteiger partial charge in [0.2, 0.25) is 0 Å². The molecule has 4 saturated heterocycles. The fourth-order valence-corrected chi connectivity index (χ4v) is 5.34. The summed E-state index contributed by atoms with van der Waals surface area (Å²) in [7, 11) is 0. The van der Waals surface area contributed by atoms with Crippen LogP contribution in [0.3, 0.4) is 0 Å². The number of aliphatic hydroxyl groups excluding tert-OH is 1. The van der Waals surface area contributed by atoms with E-state index < -0.39 is 17.3 Å². The van der Waals surface area contributed by atoms with Gasteiger partial charge in [-0.25, -0.2) is 0 Å². The molecule has 1 unspecified atom stereocenters. The van der Waals surface area contributed by atoms with Gasteiger partial charge in [0.25, 0.3) is 0 Å². The molecule has 0 spiro atoms. The second-order valence-corrected chi connectivity index (χ2v) is 9.46. The second-order valence-electron chi connectivity index (χ2n) is 9.46. The summed E-state index contributed by atoms with van der Waals surface area (Å²) in [5.41, 5.74) is -0.239. The molecule has 0 aliphatic carbocycles. The summed E-state index contributed by atoms with van der Waals surface area (Å²) in [4.78, 5) is 0. The Labute approximate surface area is 178 Å². The SMILES string of the molecule is C=C[C@]1(C)O[C@]2(C)CC[C@@H]3O[C@@H]4COC(c5ccccc5)O[C@H]4C[C@H]3O[C@H]2C[C@H]1O. The van der Waals surface area contributed by atoms with Gasteiger partial charge < -0.3 is 28.8 Å². The van der Waals surface area contributed by atoms with E-state index >= 15 is 0 Å². The maximum absolute atomic E-state index is 10.7. The monoisotopic (exact) mass is 416 g/mol. The minimum Gasteiger partial charge on any atom is -0.390 e. The van der Waals surface area contributed by atoms with E-state index in [1.807, 2.05) is 37.3 Å². The molecule has 0 radical (unpaired) electrons. The number of aliphatic hydroxyl groups is 1. The third-order valence-electron chi connectivity index (χ3n) is 7.33.